The third-order valence-corrected chi connectivity index (χ3v) is 4.04. The fourth-order valence-electron chi connectivity index (χ4n) is 2.34. The second kappa shape index (κ2) is 7.10. The number of hydrogen-bond acceptors (Lipinski definition) is 7. The van der Waals surface area contributed by atoms with E-state index < -0.39 is 49.9 Å². The summed E-state index contributed by atoms with van der Waals surface area (Å²) >= 11 is 0. The van der Waals surface area contributed by atoms with Gasteiger partial charge in [0.1, 0.15) is 12.6 Å². The number of nitrogens with zero attached hydrogens (tertiary/aromatic N) is 4. The predicted molar refractivity (Wildman–Crippen MR) is 81.5 cm³/mol. The van der Waals surface area contributed by atoms with Gasteiger partial charge in [0.15, 0.2) is 5.72 Å². The summed E-state index contributed by atoms with van der Waals surface area (Å²) in [6, 6.07) is 0. The number of rotatable bonds is 6. The largest absolute Gasteiger partial charge is 0.390 e. The first-order valence-electron chi connectivity index (χ1n) is 6.94. The third kappa shape index (κ3) is 4.35. The molecule has 1 fully saturated rings. The van der Waals surface area contributed by atoms with Crippen molar-refractivity contribution in [3.63, 3.8) is 0 Å². The van der Waals surface area contributed by atoms with E-state index in [9.17, 15) is 19.3 Å². The van der Waals surface area contributed by atoms with Crippen molar-refractivity contribution >= 4 is 7.60 Å². The minimum Gasteiger partial charge on any atom is -0.390 e. The summed E-state index contributed by atoms with van der Waals surface area (Å²) in [5.41, 5.74) is 5.58. The Morgan fingerprint density at radius 1 is 1.60 bits per heavy atom. The molecule has 0 bridgehead atoms. The Labute approximate surface area is 139 Å². The molecule has 2 rings (SSSR count). The first-order chi connectivity index (χ1) is 11.6. The number of H-pyrrole nitrogens is 1. The van der Waals surface area contributed by atoms with E-state index in [1.807, 2.05) is 0 Å². The average Bonchev–Trinajstić information content (AvgIpc) is 2.79. The zero-order valence-electron chi connectivity index (χ0n) is 13.0. The number of aliphatic hydroxyl groups excluding tert-OH is 1. The molecular formula is C11H16N5O8P. The van der Waals surface area contributed by atoms with Gasteiger partial charge in [-0.3, -0.25) is 18.9 Å². The van der Waals surface area contributed by atoms with Crippen LogP contribution in [0.2, 0.25) is 0 Å². The van der Waals surface area contributed by atoms with Gasteiger partial charge in [0, 0.05) is 23.1 Å². The van der Waals surface area contributed by atoms with Crippen molar-refractivity contribution in [3.05, 3.63) is 43.0 Å². The Balaban J connectivity index is 2.28. The summed E-state index contributed by atoms with van der Waals surface area (Å²) in [4.78, 5) is 45.5. The fraction of sp³-hybridized carbons (Fsp3) is 0.636. The second-order valence-electron chi connectivity index (χ2n) is 5.48. The molecule has 3 atom stereocenters. The first-order valence-corrected chi connectivity index (χ1v) is 8.74. The monoisotopic (exact) mass is 377 g/mol. The van der Waals surface area contributed by atoms with Crippen molar-refractivity contribution in [1.29, 1.82) is 0 Å². The summed E-state index contributed by atoms with van der Waals surface area (Å²) < 4.78 is 22.1. The number of aryl methyl sites for hydroxylation is 1. The smallest absolute Gasteiger partial charge is 0.350 e. The maximum Gasteiger partial charge on any atom is 0.350 e. The topological polar surface area (TPSA) is 200 Å². The van der Waals surface area contributed by atoms with E-state index in [0.717, 1.165) is 4.57 Å². The van der Waals surface area contributed by atoms with Gasteiger partial charge in [-0.15, -0.1) is 0 Å². The molecule has 3 unspecified atom stereocenters. The van der Waals surface area contributed by atoms with Crippen molar-refractivity contribution in [3.8, 4) is 0 Å². The molecule has 0 aliphatic carbocycles. The van der Waals surface area contributed by atoms with Gasteiger partial charge in [-0.25, -0.2) is 4.79 Å². The third-order valence-electron chi connectivity index (χ3n) is 3.52. The van der Waals surface area contributed by atoms with Crippen molar-refractivity contribution in [2.75, 3.05) is 13.0 Å². The molecule has 1 aromatic heterocycles. The highest BCUT2D eigenvalue weighted by Crippen LogP contribution is 2.39. The molecule has 2 heterocycles. The Morgan fingerprint density at radius 2 is 2.28 bits per heavy atom. The molecule has 1 saturated heterocycles. The van der Waals surface area contributed by atoms with Crippen LogP contribution in [0.4, 0.5) is 0 Å². The molecule has 0 radical (unpaired) electrons. The Bertz CT molecular complexity index is 855. The van der Waals surface area contributed by atoms with Crippen LogP contribution in [0.25, 0.3) is 10.4 Å². The molecule has 0 aromatic carbocycles. The van der Waals surface area contributed by atoms with Crippen LogP contribution in [0.1, 0.15) is 18.2 Å². The molecule has 13 nitrogen and oxygen atoms in total. The van der Waals surface area contributed by atoms with Crippen molar-refractivity contribution < 1.29 is 28.9 Å². The predicted octanol–water partition coefficient (Wildman–Crippen LogP) is -0.717. The van der Waals surface area contributed by atoms with Gasteiger partial charge in [-0.1, -0.05) is 5.11 Å². The number of hydrogen-bond donors (Lipinski definition) is 4. The van der Waals surface area contributed by atoms with Gasteiger partial charge in [-0.2, -0.15) is 0 Å². The quantitative estimate of drug-likeness (QED) is 0.215. The molecule has 0 saturated carbocycles. The van der Waals surface area contributed by atoms with Gasteiger partial charge in [0.05, 0.1) is 12.7 Å². The number of azide groups is 1. The van der Waals surface area contributed by atoms with Crippen LogP contribution in [0.15, 0.2) is 20.9 Å². The Kier molecular flexibility index (Phi) is 5.49. The zero-order valence-corrected chi connectivity index (χ0v) is 13.9. The zero-order chi connectivity index (χ0) is 18.8. The van der Waals surface area contributed by atoms with Gasteiger partial charge < -0.3 is 24.4 Å². The summed E-state index contributed by atoms with van der Waals surface area (Å²) in [5, 5.41) is 13.5. The number of ether oxygens (including phenoxy) is 2. The highest BCUT2D eigenvalue weighted by molar-refractivity contribution is 7.51. The number of aliphatic hydroxyl groups is 1. The summed E-state index contributed by atoms with van der Waals surface area (Å²) in [6.07, 6.45) is -2.41. The second-order valence-corrected chi connectivity index (χ2v) is 7.07. The SMILES string of the molecule is Cc1cn(C2CC(O)C(COCP(=O)(O)O)(N=[N+]=[N-])O2)c(=O)[nH]c1=O. The fourth-order valence-corrected chi connectivity index (χ4v) is 2.67. The molecule has 1 aliphatic rings. The summed E-state index contributed by atoms with van der Waals surface area (Å²) in [7, 11) is -4.47. The maximum atomic E-state index is 11.9. The summed E-state index contributed by atoms with van der Waals surface area (Å²) in [5.74, 6) is 0. The minimum atomic E-state index is -4.47. The molecule has 4 N–H and O–H groups in total. The maximum absolute atomic E-state index is 11.9. The average molecular weight is 377 g/mol. The van der Waals surface area contributed by atoms with Crippen LogP contribution in [0, 0.1) is 6.92 Å². The van der Waals surface area contributed by atoms with Crippen LogP contribution in [0.3, 0.4) is 0 Å². The normalized spacial score (nSPS) is 26.4. The van der Waals surface area contributed by atoms with Crippen LogP contribution < -0.4 is 11.2 Å². The molecule has 1 aromatic rings. The van der Waals surface area contributed by atoms with E-state index in [-0.39, 0.29) is 12.0 Å². The van der Waals surface area contributed by atoms with Crippen molar-refractivity contribution in [1.82, 2.24) is 9.55 Å². The molecule has 14 heteroatoms. The lowest BCUT2D eigenvalue weighted by molar-refractivity contribution is -0.133. The lowest BCUT2D eigenvalue weighted by Crippen LogP contribution is -2.42. The van der Waals surface area contributed by atoms with E-state index in [4.69, 9.17) is 24.8 Å². The van der Waals surface area contributed by atoms with Gasteiger partial charge in [0.2, 0.25) is 0 Å². The van der Waals surface area contributed by atoms with E-state index in [0.29, 0.717) is 0 Å². The lowest BCUT2D eigenvalue weighted by Gasteiger charge is -2.26. The number of nitrogens with one attached hydrogen (secondary N) is 1. The van der Waals surface area contributed by atoms with Gasteiger partial charge in [-0.05, 0) is 12.5 Å². The standard InChI is InChI=1S/C11H16N5O8P/c1-6-3-16(10(19)13-9(6)18)8-2-7(17)11(24-8,14-15-12)4-23-5-25(20,21)22/h3,7-8,17H,2,4-5H2,1H3,(H,13,18,19)(H2,20,21,22). The van der Waals surface area contributed by atoms with Crippen LogP contribution >= 0.6 is 7.60 Å². The molecule has 138 valence electrons. The molecule has 25 heavy (non-hydrogen) atoms. The van der Waals surface area contributed by atoms with Crippen LogP contribution in [0.5, 0.6) is 0 Å². The van der Waals surface area contributed by atoms with Crippen LogP contribution in [-0.4, -0.2) is 49.2 Å². The molecule has 0 spiro atoms. The highest BCUT2D eigenvalue weighted by Gasteiger charge is 2.49. The van der Waals surface area contributed by atoms with Gasteiger partial charge >= 0.3 is 13.3 Å². The van der Waals surface area contributed by atoms with E-state index in [2.05, 4.69) is 15.0 Å². The van der Waals surface area contributed by atoms with E-state index >= 15 is 0 Å². The van der Waals surface area contributed by atoms with E-state index in [1.165, 1.54) is 13.1 Å². The molecule has 1 aliphatic heterocycles. The number of aromatic amines is 1. The molecule has 0 amide bonds. The molecular weight excluding hydrogens is 361 g/mol. The number of aromatic nitrogens is 2. The highest BCUT2D eigenvalue weighted by atomic mass is 31.2. The van der Waals surface area contributed by atoms with Crippen LogP contribution in [-0.2, 0) is 14.0 Å². The summed E-state index contributed by atoms with van der Waals surface area (Å²) in [6.45, 7) is 0.820. The Morgan fingerprint density at radius 3 is 2.88 bits per heavy atom. The first kappa shape index (κ1) is 19.3. The minimum absolute atomic E-state index is 0.177. The van der Waals surface area contributed by atoms with Gasteiger partial charge in [0.25, 0.3) is 5.56 Å². The Hall–Kier alpha value is -1.98. The van der Waals surface area contributed by atoms with Crippen molar-refractivity contribution in [2.24, 2.45) is 5.11 Å². The van der Waals surface area contributed by atoms with Crippen molar-refractivity contribution in [2.45, 2.75) is 31.4 Å². The van der Waals surface area contributed by atoms with E-state index in [1.54, 1.807) is 0 Å². The lowest BCUT2D eigenvalue weighted by atomic mass is 10.1.